The van der Waals surface area contributed by atoms with Crippen LogP contribution in [0.2, 0.25) is 0 Å². The van der Waals surface area contributed by atoms with E-state index in [2.05, 4.69) is 27.3 Å². The lowest BCUT2D eigenvalue weighted by atomic mass is 9.55. The zero-order valence-corrected chi connectivity index (χ0v) is 19.4. The number of guanidine groups is 1. The highest BCUT2D eigenvalue weighted by Crippen LogP contribution is 2.53. The van der Waals surface area contributed by atoms with Crippen molar-refractivity contribution in [2.45, 2.75) is 64.5 Å². The molecule has 0 radical (unpaired) electrons. The minimum absolute atomic E-state index is 0. The van der Waals surface area contributed by atoms with Gasteiger partial charge in [-0.15, -0.1) is 24.0 Å². The van der Waals surface area contributed by atoms with Crippen molar-refractivity contribution in [1.82, 2.24) is 15.4 Å². The van der Waals surface area contributed by atoms with Crippen LogP contribution >= 0.6 is 24.0 Å². The first-order valence-corrected chi connectivity index (χ1v) is 11.4. The Morgan fingerprint density at radius 3 is 2.50 bits per heavy atom. The summed E-state index contributed by atoms with van der Waals surface area (Å²) in [5, 5.41) is 6.85. The van der Waals surface area contributed by atoms with Gasteiger partial charge in [-0.05, 0) is 33.1 Å². The second kappa shape index (κ2) is 11.0. The standard InChI is InChI=1S/C17H34N4O3S.HI/c1-4-18-16(19-11-12-20-25(3,22)23)21-14-13-15(24-5-2)17(14)9-7-6-8-10-17;/h14-15,20H,4-13H2,1-3H3,(H2,18,19,21);1H. The number of nitrogens with zero attached hydrogens (tertiary/aromatic N) is 1. The monoisotopic (exact) mass is 502 g/mol. The number of hydrogen-bond donors (Lipinski definition) is 3. The van der Waals surface area contributed by atoms with Gasteiger partial charge in [-0.3, -0.25) is 4.99 Å². The molecule has 154 valence electrons. The predicted octanol–water partition coefficient (Wildman–Crippen LogP) is 1.84. The molecule has 2 atom stereocenters. The van der Waals surface area contributed by atoms with E-state index >= 15 is 0 Å². The molecular formula is C17H35IN4O3S. The Morgan fingerprint density at radius 1 is 1.23 bits per heavy atom. The van der Waals surface area contributed by atoms with E-state index in [0.29, 0.717) is 25.2 Å². The molecule has 7 nitrogen and oxygen atoms in total. The Balaban J connectivity index is 0.00000338. The second-order valence-corrected chi connectivity index (χ2v) is 8.93. The fourth-order valence-corrected chi connectivity index (χ4v) is 4.61. The highest BCUT2D eigenvalue weighted by atomic mass is 127. The summed E-state index contributed by atoms with van der Waals surface area (Å²) in [6.45, 7) is 6.37. The van der Waals surface area contributed by atoms with E-state index in [1.807, 2.05) is 6.92 Å². The molecule has 0 aliphatic heterocycles. The van der Waals surface area contributed by atoms with Gasteiger partial charge in [0.2, 0.25) is 10.0 Å². The van der Waals surface area contributed by atoms with E-state index in [0.717, 1.165) is 31.8 Å². The summed E-state index contributed by atoms with van der Waals surface area (Å²) in [5.74, 6) is 0.766. The maximum Gasteiger partial charge on any atom is 0.208 e. The van der Waals surface area contributed by atoms with Gasteiger partial charge in [0.15, 0.2) is 5.96 Å². The van der Waals surface area contributed by atoms with Crippen molar-refractivity contribution in [2.75, 3.05) is 32.5 Å². The van der Waals surface area contributed by atoms with Crippen LogP contribution in [0.3, 0.4) is 0 Å². The molecule has 0 heterocycles. The van der Waals surface area contributed by atoms with Crippen LogP contribution in [0.25, 0.3) is 0 Å². The summed E-state index contributed by atoms with van der Waals surface area (Å²) < 4.78 is 30.7. The summed E-state index contributed by atoms with van der Waals surface area (Å²) in [7, 11) is -3.16. The van der Waals surface area contributed by atoms with Gasteiger partial charge in [-0.2, -0.15) is 0 Å². The molecule has 9 heteroatoms. The van der Waals surface area contributed by atoms with Crippen molar-refractivity contribution in [2.24, 2.45) is 10.4 Å². The fraction of sp³-hybridized carbons (Fsp3) is 0.941. The lowest BCUT2D eigenvalue weighted by Gasteiger charge is -2.58. The number of nitrogens with one attached hydrogen (secondary N) is 3. The third kappa shape index (κ3) is 6.49. The van der Waals surface area contributed by atoms with Crippen LogP contribution in [0.15, 0.2) is 4.99 Å². The Kier molecular flexibility index (Phi) is 10.1. The molecular weight excluding hydrogens is 467 g/mol. The number of aliphatic imine (C=N–C) groups is 1. The van der Waals surface area contributed by atoms with Gasteiger partial charge in [0.25, 0.3) is 0 Å². The van der Waals surface area contributed by atoms with E-state index < -0.39 is 10.0 Å². The Morgan fingerprint density at radius 2 is 1.92 bits per heavy atom. The number of hydrogen-bond acceptors (Lipinski definition) is 4. The number of sulfonamides is 1. The van der Waals surface area contributed by atoms with Crippen LogP contribution in [0.5, 0.6) is 0 Å². The second-order valence-electron chi connectivity index (χ2n) is 7.10. The average Bonchev–Trinajstić information content (AvgIpc) is 2.57. The molecule has 0 bridgehead atoms. The maximum atomic E-state index is 11.1. The quantitative estimate of drug-likeness (QED) is 0.204. The highest BCUT2D eigenvalue weighted by molar-refractivity contribution is 14.0. The van der Waals surface area contributed by atoms with Crippen LogP contribution in [0, 0.1) is 5.41 Å². The first-order valence-electron chi connectivity index (χ1n) is 9.52. The van der Waals surface area contributed by atoms with Crippen molar-refractivity contribution in [1.29, 1.82) is 0 Å². The Labute approximate surface area is 175 Å². The average molecular weight is 502 g/mol. The van der Waals surface area contributed by atoms with Crippen molar-refractivity contribution in [3.05, 3.63) is 0 Å². The molecule has 3 N–H and O–H groups in total. The number of rotatable bonds is 8. The van der Waals surface area contributed by atoms with Crippen molar-refractivity contribution < 1.29 is 13.2 Å². The van der Waals surface area contributed by atoms with Gasteiger partial charge in [0.05, 0.1) is 18.9 Å². The molecule has 2 unspecified atom stereocenters. The smallest absolute Gasteiger partial charge is 0.208 e. The molecule has 2 aliphatic carbocycles. The van der Waals surface area contributed by atoms with E-state index in [1.54, 1.807) is 0 Å². The molecule has 2 saturated carbocycles. The molecule has 2 aliphatic rings. The van der Waals surface area contributed by atoms with Gasteiger partial charge < -0.3 is 15.4 Å². The van der Waals surface area contributed by atoms with Gasteiger partial charge in [-0.25, -0.2) is 13.1 Å². The highest BCUT2D eigenvalue weighted by Gasteiger charge is 2.55. The predicted molar refractivity (Wildman–Crippen MR) is 117 cm³/mol. The molecule has 1 spiro atoms. The first kappa shape index (κ1) is 23.9. The zero-order chi connectivity index (χ0) is 18.3. The minimum Gasteiger partial charge on any atom is -0.378 e. The Hall–Kier alpha value is -0.130. The van der Waals surface area contributed by atoms with Crippen molar-refractivity contribution in [3.8, 4) is 0 Å². The van der Waals surface area contributed by atoms with Gasteiger partial charge in [0, 0.05) is 31.2 Å². The van der Waals surface area contributed by atoms with Gasteiger partial charge in [0.1, 0.15) is 0 Å². The maximum absolute atomic E-state index is 11.1. The number of ether oxygens (including phenoxy) is 1. The van der Waals surface area contributed by atoms with Crippen LogP contribution in [-0.2, 0) is 14.8 Å². The van der Waals surface area contributed by atoms with Crippen molar-refractivity contribution in [3.63, 3.8) is 0 Å². The van der Waals surface area contributed by atoms with Crippen LogP contribution < -0.4 is 15.4 Å². The molecule has 0 aromatic rings. The summed E-state index contributed by atoms with van der Waals surface area (Å²) in [6.07, 6.45) is 8.81. The molecule has 0 amide bonds. The largest absolute Gasteiger partial charge is 0.378 e. The normalized spacial score (nSPS) is 25.3. The Bertz CT molecular complexity index is 550. The minimum atomic E-state index is -3.16. The van der Waals surface area contributed by atoms with E-state index in [-0.39, 0.29) is 29.4 Å². The van der Waals surface area contributed by atoms with E-state index in [1.165, 1.54) is 32.1 Å². The molecule has 26 heavy (non-hydrogen) atoms. The molecule has 0 aromatic heterocycles. The van der Waals surface area contributed by atoms with Gasteiger partial charge >= 0.3 is 0 Å². The molecule has 0 aromatic carbocycles. The van der Waals surface area contributed by atoms with Gasteiger partial charge in [-0.1, -0.05) is 19.3 Å². The summed E-state index contributed by atoms with van der Waals surface area (Å²) >= 11 is 0. The van der Waals surface area contributed by atoms with E-state index in [4.69, 9.17) is 4.74 Å². The summed E-state index contributed by atoms with van der Waals surface area (Å²) in [5.41, 5.74) is 0.232. The SMILES string of the molecule is CCNC(=NCCNS(C)(=O)=O)NC1CC(OCC)C12CCCCC2.I. The topological polar surface area (TPSA) is 91.8 Å². The lowest BCUT2D eigenvalue weighted by Crippen LogP contribution is -2.66. The van der Waals surface area contributed by atoms with Crippen LogP contribution in [0.1, 0.15) is 52.4 Å². The third-order valence-corrected chi connectivity index (χ3v) is 6.07. The first-order chi connectivity index (χ1) is 11.9. The molecule has 2 rings (SSSR count). The fourth-order valence-electron chi connectivity index (χ4n) is 4.15. The zero-order valence-electron chi connectivity index (χ0n) is 16.2. The number of halogens is 1. The van der Waals surface area contributed by atoms with Crippen molar-refractivity contribution >= 4 is 40.0 Å². The molecule has 2 fully saturated rings. The third-order valence-electron chi connectivity index (χ3n) is 5.34. The molecule has 0 saturated heterocycles. The van der Waals surface area contributed by atoms with E-state index in [9.17, 15) is 8.42 Å². The summed E-state index contributed by atoms with van der Waals surface area (Å²) in [4.78, 5) is 4.51. The lowest BCUT2D eigenvalue weighted by molar-refractivity contribution is -0.145. The summed E-state index contributed by atoms with van der Waals surface area (Å²) in [6, 6.07) is 0.380. The van der Waals surface area contributed by atoms with Crippen LogP contribution in [0.4, 0.5) is 0 Å². The van der Waals surface area contributed by atoms with Crippen LogP contribution in [-0.4, -0.2) is 59.0 Å².